The molecule has 2 saturated heterocycles. The van der Waals surface area contributed by atoms with E-state index in [0.717, 1.165) is 75.0 Å². The van der Waals surface area contributed by atoms with Crippen LogP contribution in [0.5, 0.6) is 5.75 Å². The highest BCUT2D eigenvalue weighted by Gasteiger charge is 2.27. The van der Waals surface area contributed by atoms with Gasteiger partial charge >= 0.3 is 6.09 Å². The zero-order valence-electron chi connectivity index (χ0n) is 26.3. The second kappa shape index (κ2) is 13.3. The molecule has 3 aromatic rings. The van der Waals surface area contributed by atoms with Gasteiger partial charge in [0.2, 0.25) is 0 Å². The molecule has 0 radical (unpaired) electrons. The first-order valence-corrected chi connectivity index (χ1v) is 15.6. The molecule has 232 valence electrons. The number of aryl methyl sites for hydroxylation is 1. The van der Waals surface area contributed by atoms with Gasteiger partial charge in [-0.1, -0.05) is 6.07 Å². The molecule has 2 aliphatic rings. The number of ether oxygens (including phenoxy) is 2. The molecule has 5 rings (SSSR count). The van der Waals surface area contributed by atoms with Gasteiger partial charge in [0.05, 0.1) is 24.4 Å². The topological polar surface area (TPSA) is 102 Å². The van der Waals surface area contributed by atoms with Crippen LogP contribution in [0, 0.1) is 12.8 Å². The zero-order chi connectivity index (χ0) is 30.6. The number of nitrogens with zero attached hydrogens (tertiary/aromatic N) is 5. The summed E-state index contributed by atoms with van der Waals surface area (Å²) in [5.41, 5.74) is 2.17. The summed E-state index contributed by atoms with van der Waals surface area (Å²) in [6, 6.07) is 9.56. The number of benzene rings is 1. The first kappa shape index (κ1) is 30.8. The number of hydrogen-bond acceptors (Lipinski definition) is 7. The van der Waals surface area contributed by atoms with Gasteiger partial charge in [-0.3, -0.25) is 9.48 Å². The van der Waals surface area contributed by atoms with Crippen molar-refractivity contribution >= 4 is 28.6 Å². The summed E-state index contributed by atoms with van der Waals surface area (Å²) in [7, 11) is 1.60. The van der Waals surface area contributed by atoms with E-state index in [2.05, 4.69) is 26.1 Å². The Balaban J connectivity index is 1.09. The van der Waals surface area contributed by atoms with Crippen LogP contribution in [0.4, 0.5) is 10.5 Å². The van der Waals surface area contributed by atoms with Gasteiger partial charge in [-0.25, -0.2) is 9.78 Å². The third-order valence-electron chi connectivity index (χ3n) is 8.50. The normalized spacial score (nSPS) is 17.3. The van der Waals surface area contributed by atoms with Crippen LogP contribution in [0.3, 0.4) is 0 Å². The lowest BCUT2D eigenvalue weighted by atomic mass is 9.92. The fourth-order valence-electron chi connectivity index (χ4n) is 6.12. The minimum Gasteiger partial charge on any atom is -0.494 e. The Morgan fingerprint density at radius 2 is 1.79 bits per heavy atom. The number of anilines is 1. The number of methoxy groups -OCH3 is 1. The van der Waals surface area contributed by atoms with Crippen LogP contribution in [0.1, 0.15) is 81.5 Å². The molecule has 1 aromatic carbocycles. The molecule has 4 heterocycles. The molecule has 43 heavy (non-hydrogen) atoms. The summed E-state index contributed by atoms with van der Waals surface area (Å²) in [6.07, 6.45) is 8.55. The molecule has 10 heteroatoms. The van der Waals surface area contributed by atoms with Crippen LogP contribution in [-0.2, 0) is 4.74 Å². The van der Waals surface area contributed by atoms with Crippen LogP contribution in [-0.4, -0.2) is 82.0 Å². The second-order valence-corrected chi connectivity index (χ2v) is 13.0. The Morgan fingerprint density at radius 3 is 2.47 bits per heavy atom. The number of nitrogens with one attached hydrogen (secondary N) is 1. The lowest BCUT2D eigenvalue weighted by molar-refractivity contribution is 0.0179. The van der Waals surface area contributed by atoms with E-state index in [-0.39, 0.29) is 12.0 Å². The number of carbonyl (C=O) groups excluding carboxylic acids is 2. The van der Waals surface area contributed by atoms with Crippen molar-refractivity contribution in [3.8, 4) is 5.75 Å². The molecule has 10 nitrogen and oxygen atoms in total. The smallest absolute Gasteiger partial charge is 0.410 e. The average Bonchev–Trinajstić information content (AvgIpc) is 3.39. The summed E-state index contributed by atoms with van der Waals surface area (Å²) in [5, 5.41) is 8.80. The molecular formula is C33H46N6O4. The van der Waals surface area contributed by atoms with Crippen LogP contribution < -0.4 is 10.1 Å². The summed E-state index contributed by atoms with van der Waals surface area (Å²) >= 11 is 0. The fourth-order valence-corrected chi connectivity index (χ4v) is 6.12. The maximum Gasteiger partial charge on any atom is 0.410 e. The van der Waals surface area contributed by atoms with E-state index in [0.29, 0.717) is 29.1 Å². The van der Waals surface area contributed by atoms with E-state index in [1.165, 1.54) is 12.8 Å². The zero-order valence-corrected chi connectivity index (χ0v) is 26.3. The third kappa shape index (κ3) is 8.04. The summed E-state index contributed by atoms with van der Waals surface area (Å²) in [4.78, 5) is 33.9. The standard InChI is InChI=1S/C33H46N6O4/c1-23-8-6-10-27(34-23)31(40)35-29-20-25-22-39(36-28(25)21-30(29)42-5)26-13-16-37(17-14-26)15-7-9-24-11-18-38(19-12-24)32(41)43-33(2,3)4/h6,8,10,20-22,24,26H,7,9,11-19H2,1-5H3,(H,35,40). The quantitative estimate of drug-likeness (QED) is 0.340. The van der Waals surface area contributed by atoms with E-state index in [4.69, 9.17) is 14.6 Å². The molecule has 0 spiro atoms. The van der Waals surface area contributed by atoms with Gasteiger partial charge in [-0.05, 0) is 96.9 Å². The number of likely N-dealkylation sites (tertiary alicyclic amines) is 2. The van der Waals surface area contributed by atoms with Gasteiger partial charge in [0.25, 0.3) is 5.91 Å². The van der Waals surface area contributed by atoms with Crippen LogP contribution in [0.2, 0.25) is 0 Å². The van der Waals surface area contributed by atoms with E-state index in [9.17, 15) is 9.59 Å². The van der Waals surface area contributed by atoms with Gasteiger partial charge < -0.3 is 24.6 Å². The number of fused-ring (bicyclic) bond motifs is 1. The molecule has 0 unspecified atom stereocenters. The number of rotatable bonds is 8. The number of hydrogen-bond donors (Lipinski definition) is 1. The van der Waals surface area contributed by atoms with Crippen molar-refractivity contribution in [1.82, 2.24) is 24.6 Å². The monoisotopic (exact) mass is 590 g/mol. The van der Waals surface area contributed by atoms with E-state index >= 15 is 0 Å². The molecule has 0 aliphatic carbocycles. The number of amides is 2. The molecule has 2 aromatic heterocycles. The van der Waals surface area contributed by atoms with Gasteiger partial charge in [0.15, 0.2) is 0 Å². The van der Waals surface area contributed by atoms with Crippen molar-refractivity contribution in [3.05, 3.63) is 47.9 Å². The summed E-state index contributed by atoms with van der Waals surface area (Å²) in [5.74, 6) is 0.990. The maximum absolute atomic E-state index is 12.8. The number of carbonyl (C=O) groups is 2. The molecule has 0 bridgehead atoms. The number of aromatic nitrogens is 3. The Labute approximate surface area is 254 Å². The second-order valence-electron chi connectivity index (χ2n) is 13.0. The minimum absolute atomic E-state index is 0.180. The predicted molar refractivity (Wildman–Crippen MR) is 168 cm³/mol. The lowest BCUT2D eigenvalue weighted by Crippen LogP contribution is -2.41. The maximum atomic E-state index is 12.8. The predicted octanol–water partition coefficient (Wildman–Crippen LogP) is 6.06. The molecule has 0 atom stereocenters. The highest BCUT2D eigenvalue weighted by atomic mass is 16.6. The van der Waals surface area contributed by atoms with Crippen molar-refractivity contribution < 1.29 is 19.1 Å². The Bertz CT molecular complexity index is 1410. The molecule has 2 fully saturated rings. The van der Waals surface area contributed by atoms with Crippen molar-refractivity contribution in [1.29, 1.82) is 0 Å². The third-order valence-corrected chi connectivity index (χ3v) is 8.50. The number of piperidine rings is 2. The van der Waals surface area contributed by atoms with Gasteiger partial charge in [-0.2, -0.15) is 5.10 Å². The van der Waals surface area contributed by atoms with Crippen molar-refractivity contribution in [3.63, 3.8) is 0 Å². The largest absolute Gasteiger partial charge is 0.494 e. The van der Waals surface area contributed by atoms with Gasteiger partial charge in [0, 0.05) is 49.5 Å². The lowest BCUT2D eigenvalue weighted by Gasteiger charge is -2.34. The minimum atomic E-state index is -0.442. The van der Waals surface area contributed by atoms with Crippen LogP contribution >= 0.6 is 0 Å². The first-order valence-electron chi connectivity index (χ1n) is 15.6. The van der Waals surface area contributed by atoms with Gasteiger partial charge in [0.1, 0.15) is 17.0 Å². The Morgan fingerprint density at radius 1 is 1.05 bits per heavy atom. The molecule has 2 amide bonds. The Kier molecular flexibility index (Phi) is 9.54. The SMILES string of the molecule is COc1cc2nn(C3CCN(CCCC4CCN(C(=O)OC(C)(C)C)CC4)CC3)cc2cc1NC(=O)c1cccc(C)n1. The molecule has 1 N–H and O–H groups in total. The van der Waals surface area contributed by atoms with Crippen LogP contribution in [0.25, 0.3) is 10.9 Å². The van der Waals surface area contributed by atoms with Gasteiger partial charge in [-0.15, -0.1) is 0 Å². The van der Waals surface area contributed by atoms with E-state index < -0.39 is 5.60 Å². The van der Waals surface area contributed by atoms with E-state index in [1.54, 1.807) is 13.2 Å². The summed E-state index contributed by atoms with van der Waals surface area (Å²) in [6.45, 7) is 12.5. The van der Waals surface area contributed by atoms with Crippen LogP contribution in [0.15, 0.2) is 36.5 Å². The Hall–Kier alpha value is -3.66. The average molecular weight is 591 g/mol. The molecular weight excluding hydrogens is 544 g/mol. The molecule has 2 aliphatic heterocycles. The fraction of sp³-hybridized carbons (Fsp3) is 0.576. The van der Waals surface area contributed by atoms with Crippen molar-refractivity contribution in [2.45, 2.75) is 77.9 Å². The number of pyridine rings is 1. The molecule has 0 saturated carbocycles. The highest BCUT2D eigenvalue weighted by molar-refractivity contribution is 6.05. The van der Waals surface area contributed by atoms with E-state index in [1.807, 2.05) is 56.9 Å². The highest BCUT2D eigenvalue weighted by Crippen LogP contribution is 2.32. The van der Waals surface area contributed by atoms with Crippen molar-refractivity contribution in [2.75, 3.05) is 45.2 Å². The summed E-state index contributed by atoms with van der Waals surface area (Å²) < 4.78 is 13.2. The van der Waals surface area contributed by atoms with Crippen molar-refractivity contribution in [2.24, 2.45) is 5.92 Å². The first-order chi connectivity index (χ1) is 20.6.